The van der Waals surface area contributed by atoms with Crippen molar-refractivity contribution in [1.29, 1.82) is 0 Å². The molecule has 1 aliphatic rings. The van der Waals surface area contributed by atoms with Gasteiger partial charge in [-0.15, -0.1) is 11.3 Å². The monoisotopic (exact) mass is 240 g/mol. The Morgan fingerprint density at radius 3 is 2.81 bits per heavy atom. The third-order valence-corrected chi connectivity index (χ3v) is 4.07. The van der Waals surface area contributed by atoms with Gasteiger partial charge in [0, 0.05) is 10.9 Å². The highest BCUT2D eigenvalue weighted by Gasteiger charge is 2.24. The topological polar surface area (TPSA) is 62.2 Å². The summed E-state index contributed by atoms with van der Waals surface area (Å²) in [5, 5.41) is 13.0. The van der Waals surface area contributed by atoms with Crippen molar-refractivity contribution in [1.82, 2.24) is 4.98 Å². The van der Waals surface area contributed by atoms with Gasteiger partial charge in [0.05, 0.1) is 0 Å². The van der Waals surface area contributed by atoms with Gasteiger partial charge in [-0.05, 0) is 25.7 Å². The van der Waals surface area contributed by atoms with Crippen LogP contribution in [-0.4, -0.2) is 22.1 Å². The maximum Gasteiger partial charge on any atom is 0.355 e. The van der Waals surface area contributed by atoms with E-state index in [0.717, 1.165) is 16.4 Å². The van der Waals surface area contributed by atoms with Gasteiger partial charge in [0.25, 0.3) is 0 Å². The Morgan fingerprint density at radius 1 is 1.56 bits per heavy atom. The molecule has 0 aromatic carbocycles. The van der Waals surface area contributed by atoms with E-state index in [4.69, 9.17) is 5.11 Å². The van der Waals surface area contributed by atoms with Gasteiger partial charge in [0.2, 0.25) is 0 Å². The third-order valence-electron chi connectivity index (χ3n) is 3.17. The van der Waals surface area contributed by atoms with Crippen LogP contribution < -0.4 is 5.32 Å². The Balaban J connectivity index is 2.10. The average Bonchev–Trinajstić information content (AvgIpc) is 2.75. The van der Waals surface area contributed by atoms with E-state index in [1.807, 2.05) is 0 Å². The van der Waals surface area contributed by atoms with Crippen LogP contribution in [0, 0.1) is 12.8 Å². The summed E-state index contributed by atoms with van der Waals surface area (Å²) in [5.74, 6) is -0.293. The third kappa shape index (κ3) is 2.19. The van der Waals surface area contributed by atoms with Crippen LogP contribution >= 0.6 is 11.3 Å². The number of thiazole rings is 1. The molecular weight excluding hydrogens is 224 g/mol. The number of aromatic carboxylic acids is 1. The van der Waals surface area contributed by atoms with Gasteiger partial charge in [-0.1, -0.05) is 13.3 Å². The van der Waals surface area contributed by atoms with Gasteiger partial charge in [-0.2, -0.15) is 0 Å². The fourth-order valence-corrected chi connectivity index (χ4v) is 3.04. The molecule has 1 saturated carbocycles. The molecule has 0 saturated heterocycles. The van der Waals surface area contributed by atoms with E-state index in [0.29, 0.717) is 12.0 Å². The normalized spacial score (nSPS) is 24.6. The summed E-state index contributed by atoms with van der Waals surface area (Å²) >= 11 is 1.43. The molecular formula is C11H16N2O2S. The molecule has 0 bridgehead atoms. The molecule has 1 heterocycles. The minimum Gasteiger partial charge on any atom is -0.476 e. The lowest BCUT2D eigenvalue weighted by molar-refractivity contribution is 0.0690. The highest BCUT2D eigenvalue weighted by atomic mass is 32.1. The van der Waals surface area contributed by atoms with Crippen molar-refractivity contribution in [3.8, 4) is 0 Å². The zero-order valence-corrected chi connectivity index (χ0v) is 10.3. The molecule has 88 valence electrons. The lowest BCUT2D eigenvalue weighted by Crippen LogP contribution is -2.21. The maximum absolute atomic E-state index is 10.9. The Bertz CT molecular complexity index is 403. The van der Waals surface area contributed by atoms with Crippen LogP contribution in [0.3, 0.4) is 0 Å². The lowest BCUT2D eigenvalue weighted by atomic mass is 10.1. The molecule has 0 spiro atoms. The first-order chi connectivity index (χ1) is 7.58. The maximum atomic E-state index is 10.9. The Morgan fingerprint density at radius 2 is 2.31 bits per heavy atom. The van der Waals surface area contributed by atoms with Gasteiger partial charge < -0.3 is 10.4 Å². The fourth-order valence-electron chi connectivity index (χ4n) is 2.18. The number of rotatable bonds is 3. The van der Waals surface area contributed by atoms with Gasteiger partial charge in [-0.3, -0.25) is 0 Å². The van der Waals surface area contributed by atoms with E-state index >= 15 is 0 Å². The summed E-state index contributed by atoms with van der Waals surface area (Å²) in [5.41, 5.74) is 0.179. The molecule has 5 heteroatoms. The molecule has 1 aromatic heterocycles. The van der Waals surface area contributed by atoms with Crippen LogP contribution in [0.5, 0.6) is 0 Å². The van der Waals surface area contributed by atoms with Crippen molar-refractivity contribution in [2.45, 2.75) is 39.2 Å². The zero-order chi connectivity index (χ0) is 11.7. The number of carbonyl (C=O) groups is 1. The number of nitrogens with one attached hydrogen (secondary N) is 1. The smallest absolute Gasteiger partial charge is 0.355 e. The first kappa shape index (κ1) is 11.4. The van der Waals surface area contributed by atoms with Crippen LogP contribution in [0.25, 0.3) is 0 Å². The van der Waals surface area contributed by atoms with E-state index in [2.05, 4.69) is 17.2 Å². The standard InChI is InChI=1S/C11H16N2O2S/c1-6-4-3-5-8(6)12-11-13-9(10(14)15)7(2)16-11/h6,8H,3-5H2,1-2H3,(H,12,13)(H,14,15). The summed E-state index contributed by atoms with van der Waals surface area (Å²) in [6.07, 6.45) is 3.64. The molecule has 1 aliphatic carbocycles. The van der Waals surface area contributed by atoms with Crippen LogP contribution in [0.15, 0.2) is 0 Å². The van der Waals surface area contributed by atoms with E-state index in [-0.39, 0.29) is 5.69 Å². The second kappa shape index (κ2) is 4.41. The van der Waals surface area contributed by atoms with Crippen molar-refractivity contribution in [3.05, 3.63) is 10.6 Å². The van der Waals surface area contributed by atoms with Crippen molar-refractivity contribution >= 4 is 22.4 Å². The summed E-state index contributed by atoms with van der Waals surface area (Å²) in [6, 6.07) is 0.451. The Labute approximate surface area is 98.7 Å². The van der Waals surface area contributed by atoms with E-state index < -0.39 is 5.97 Å². The van der Waals surface area contributed by atoms with Gasteiger partial charge in [0.15, 0.2) is 10.8 Å². The Kier molecular flexibility index (Phi) is 3.14. The van der Waals surface area contributed by atoms with Gasteiger partial charge >= 0.3 is 5.97 Å². The molecule has 0 aliphatic heterocycles. The number of nitrogens with zero attached hydrogens (tertiary/aromatic N) is 1. The van der Waals surface area contributed by atoms with Gasteiger partial charge in [-0.25, -0.2) is 9.78 Å². The predicted octanol–water partition coefficient (Wildman–Crippen LogP) is 2.75. The molecule has 0 amide bonds. The number of carboxylic acid groups (broad SMARTS) is 1. The SMILES string of the molecule is Cc1sc(NC2CCCC2C)nc1C(=O)O. The second-order valence-corrected chi connectivity index (χ2v) is 5.59. The van der Waals surface area contributed by atoms with Crippen LogP contribution in [0.4, 0.5) is 5.13 Å². The number of hydrogen-bond acceptors (Lipinski definition) is 4. The largest absolute Gasteiger partial charge is 0.476 e. The van der Waals surface area contributed by atoms with Crippen molar-refractivity contribution in [3.63, 3.8) is 0 Å². The van der Waals surface area contributed by atoms with Crippen molar-refractivity contribution in [2.24, 2.45) is 5.92 Å². The fraction of sp³-hybridized carbons (Fsp3) is 0.636. The van der Waals surface area contributed by atoms with Crippen LogP contribution in [-0.2, 0) is 0 Å². The van der Waals surface area contributed by atoms with E-state index in [1.54, 1.807) is 6.92 Å². The van der Waals surface area contributed by atoms with Crippen molar-refractivity contribution in [2.75, 3.05) is 5.32 Å². The van der Waals surface area contributed by atoms with E-state index in [1.165, 1.54) is 24.2 Å². The number of carboxylic acids is 1. The number of aromatic nitrogens is 1. The molecule has 2 unspecified atom stereocenters. The molecule has 1 fully saturated rings. The highest BCUT2D eigenvalue weighted by molar-refractivity contribution is 7.15. The molecule has 2 N–H and O–H groups in total. The summed E-state index contributed by atoms with van der Waals surface area (Å²) in [6.45, 7) is 4.02. The molecule has 0 radical (unpaired) electrons. The summed E-state index contributed by atoms with van der Waals surface area (Å²) in [7, 11) is 0. The molecule has 1 aromatic rings. The lowest BCUT2D eigenvalue weighted by Gasteiger charge is -2.15. The summed E-state index contributed by atoms with van der Waals surface area (Å²) < 4.78 is 0. The minimum atomic E-state index is -0.943. The highest BCUT2D eigenvalue weighted by Crippen LogP contribution is 2.30. The molecule has 16 heavy (non-hydrogen) atoms. The number of aryl methyl sites for hydroxylation is 1. The number of anilines is 1. The second-order valence-electron chi connectivity index (χ2n) is 4.39. The summed E-state index contributed by atoms with van der Waals surface area (Å²) in [4.78, 5) is 15.7. The quantitative estimate of drug-likeness (QED) is 0.852. The van der Waals surface area contributed by atoms with Crippen LogP contribution in [0.1, 0.15) is 41.6 Å². The Hall–Kier alpha value is -1.10. The first-order valence-corrected chi connectivity index (χ1v) is 6.37. The first-order valence-electron chi connectivity index (χ1n) is 5.55. The van der Waals surface area contributed by atoms with Gasteiger partial charge in [0.1, 0.15) is 0 Å². The predicted molar refractivity (Wildman–Crippen MR) is 64.2 cm³/mol. The molecule has 4 nitrogen and oxygen atoms in total. The number of hydrogen-bond donors (Lipinski definition) is 2. The average molecular weight is 240 g/mol. The van der Waals surface area contributed by atoms with E-state index in [9.17, 15) is 4.79 Å². The van der Waals surface area contributed by atoms with Crippen molar-refractivity contribution < 1.29 is 9.90 Å². The zero-order valence-electron chi connectivity index (χ0n) is 9.49. The molecule has 2 atom stereocenters. The molecule has 2 rings (SSSR count). The minimum absolute atomic E-state index is 0.179. The van der Waals surface area contributed by atoms with Crippen LogP contribution in [0.2, 0.25) is 0 Å².